The maximum absolute atomic E-state index is 4.57. The van der Waals surface area contributed by atoms with Crippen LogP contribution in [0.4, 0.5) is 0 Å². The Labute approximate surface area is 177 Å². The van der Waals surface area contributed by atoms with Crippen molar-refractivity contribution in [2.75, 3.05) is 0 Å². The highest BCUT2D eigenvalue weighted by molar-refractivity contribution is 5.72. The molecule has 29 heavy (non-hydrogen) atoms. The van der Waals surface area contributed by atoms with E-state index in [0.717, 1.165) is 6.42 Å². The molecule has 0 amide bonds. The van der Waals surface area contributed by atoms with E-state index in [1.54, 1.807) is 5.57 Å². The number of fused-ring (bicyclic) bond motifs is 1. The van der Waals surface area contributed by atoms with Crippen LogP contribution >= 0.6 is 0 Å². The Kier molecular flexibility index (Phi) is 5.56. The summed E-state index contributed by atoms with van der Waals surface area (Å²) in [5.41, 5.74) is 14.5. The Morgan fingerprint density at radius 3 is 2.41 bits per heavy atom. The van der Waals surface area contributed by atoms with Gasteiger partial charge in [-0.25, -0.2) is 0 Å². The van der Waals surface area contributed by atoms with Gasteiger partial charge in [-0.05, 0) is 97.4 Å². The molecule has 0 aromatic heterocycles. The van der Waals surface area contributed by atoms with Gasteiger partial charge in [0, 0.05) is 5.92 Å². The van der Waals surface area contributed by atoms with E-state index in [1.807, 2.05) is 0 Å². The molecule has 0 saturated heterocycles. The number of allylic oxidation sites excluding steroid dienone is 2. The smallest absolute Gasteiger partial charge is 0.00326 e. The van der Waals surface area contributed by atoms with E-state index in [2.05, 4.69) is 71.5 Å². The van der Waals surface area contributed by atoms with Crippen molar-refractivity contribution in [3.63, 3.8) is 0 Å². The van der Waals surface area contributed by atoms with Crippen molar-refractivity contribution in [3.05, 3.63) is 80.9 Å². The third kappa shape index (κ3) is 3.75. The third-order valence-electron chi connectivity index (χ3n) is 7.57. The van der Waals surface area contributed by atoms with Gasteiger partial charge in [0.25, 0.3) is 0 Å². The average Bonchev–Trinajstić information content (AvgIpc) is 3.01. The minimum atomic E-state index is 0.507. The van der Waals surface area contributed by atoms with Crippen LogP contribution in [0.15, 0.2) is 36.4 Å². The van der Waals surface area contributed by atoms with Crippen LogP contribution in [0.5, 0.6) is 0 Å². The molecular formula is C29H36. The quantitative estimate of drug-likeness (QED) is 0.497. The van der Waals surface area contributed by atoms with Crippen molar-refractivity contribution in [2.24, 2.45) is 5.92 Å². The molecule has 0 heterocycles. The molecule has 0 spiro atoms. The zero-order valence-electron chi connectivity index (χ0n) is 19.0. The molecule has 2 aliphatic rings. The number of benzene rings is 2. The van der Waals surface area contributed by atoms with Crippen LogP contribution in [0.2, 0.25) is 0 Å². The fourth-order valence-corrected chi connectivity index (χ4v) is 5.67. The average molecular weight is 385 g/mol. The highest BCUT2D eigenvalue weighted by Crippen LogP contribution is 2.42. The Morgan fingerprint density at radius 1 is 0.966 bits per heavy atom. The van der Waals surface area contributed by atoms with Crippen molar-refractivity contribution in [1.82, 2.24) is 0 Å². The molecule has 4 rings (SSSR count). The Balaban J connectivity index is 1.65. The number of rotatable bonds is 4. The number of hydrogen-bond acceptors (Lipinski definition) is 0. The highest BCUT2D eigenvalue weighted by Gasteiger charge is 2.25. The van der Waals surface area contributed by atoms with E-state index in [4.69, 9.17) is 0 Å². The third-order valence-corrected chi connectivity index (χ3v) is 7.57. The van der Waals surface area contributed by atoms with E-state index < -0.39 is 0 Å². The second-order valence-electron chi connectivity index (χ2n) is 9.60. The van der Waals surface area contributed by atoms with Gasteiger partial charge in [-0.1, -0.05) is 74.2 Å². The molecule has 2 aromatic rings. The Bertz CT molecular complexity index is 980. The van der Waals surface area contributed by atoms with Gasteiger partial charge in [0.2, 0.25) is 0 Å². The molecule has 1 atom stereocenters. The summed E-state index contributed by atoms with van der Waals surface area (Å²) >= 11 is 0. The summed E-state index contributed by atoms with van der Waals surface area (Å²) in [6, 6.07) is 9.36. The van der Waals surface area contributed by atoms with Crippen LogP contribution in [0.3, 0.4) is 0 Å². The summed E-state index contributed by atoms with van der Waals surface area (Å²) in [5, 5.41) is 0. The zero-order valence-corrected chi connectivity index (χ0v) is 19.0. The minimum absolute atomic E-state index is 0.507. The second kappa shape index (κ2) is 7.98. The van der Waals surface area contributed by atoms with Gasteiger partial charge in [0.1, 0.15) is 0 Å². The van der Waals surface area contributed by atoms with Crippen LogP contribution in [0, 0.1) is 33.6 Å². The SMILES string of the molecule is C=C(c1ccc(C)c(CC2=Cc3c(C)cc(C)cc3C2C)c1C)C1CCCCC1. The van der Waals surface area contributed by atoms with Gasteiger partial charge in [-0.3, -0.25) is 0 Å². The summed E-state index contributed by atoms with van der Waals surface area (Å²) in [6.07, 6.45) is 10.3. The second-order valence-corrected chi connectivity index (χ2v) is 9.60. The fraction of sp³-hybridized carbons (Fsp3) is 0.448. The predicted octanol–water partition coefficient (Wildman–Crippen LogP) is 8.26. The monoisotopic (exact) mass is 384 g/mol. The lowest BCUT2D eigenvalue weighted by Crippen LogP contribution is -2.10. The zero-order chi connectivity index (χ0) is 20.7. The molecule has 0 nitrogen and oxygen atoms in total. The Morgan fingerprint density at radius 2 is 1.69 bits per heavy atom. The molecule has 0 radical (unpaired) electrons. The van der Waals surface area contributed by atoms with Crippen LogP contribution in [0.25, 0.3) is 11.6 Å². The summed E-state index contributed by atoms with van der Waals surface area (Å²) in [5.74, 6) is 1.19. The lowest BCUT2D eigenvalue weighted by Gasteiger charge is -2.26. The molecule has 0 bridgehead atoms. The number of aryl methyl sites for hydroxylation is 3. The molecular weight excluding hydrogens is 348 g/mol. The molecule has 2 aromatic carbocycles. The summed E-state index contributed by atoms with van der Waals surface area (Å²) in [7, 11) is 0. The lowest BCUT2D eigenvalue weighted by atomic mass is 9.79. The summed E-state index contributed by atoms with van der Waals surface area (Å²) in [4.78, 5) is 0. The highest BCUT2D eigenvalue weighted by atomic mass is 14.3. The molecule has 0 aliphatic heterocycles. The van der Waals surface area contributed by atoms with Gasteiger partial charge in [0.15, 0.2) is 0 Å². The van der Waals surface area contributed by atoms with Crippen molar-refractivity contribution < 1.29 is 0 Å². The van der Waals surface area contributed by atoms with Crippen LogP contribution in [-0.4, -0.2) is 0 Å². The number of hydrogen-bond donors (Lipinski definition) is 0. The maximum Gasteiger partial charge on any atom is 0.00326 e. The van der Waals surface area contributed by atoms with E-state index in [1.165, 1.54) is 82.2 Å². The predicted molar refractivity (Wildman–Crippen MR) is 128 cm³/mol. The standard InChI is InChI=1S/C29H36/c1-18-14-20(3)28-17-25(22(5)29(28)15-18)16-27-19(2)12-13-26(23(27)6)21(4)24-10-8-7-9-11-24/h12-15,17,22,24H,4,7-11,16H2,1-3,5-6H3. The molecule has 1 fully saturated rings. The first-order valence-electron chi connectivity index (χ1n) is 11.5. The topological polar surface area (TPSA) is 0 Å². The minimum Gasteiger partial charge on any atom is -0.0949 e. The fourth-order valence-electron chi connectivity index (χ4n) is 5.67. The summed E-state index contributed by atoms with van der Waals surface area (Å²) in [6.45, 7) is 16.0. The first-order chi connectivity index (χ1) is 13.9. The first-order valence-corrected chi connectivity index (χ1v) is 11.5. The normalized spacial score (nSPS) is 19.2. The van der Waals surface area contributed by atoms with Crippen molar-refractivity contribution >= 4 is 11.6 Å². The molecule has 0 N–H and O–H groups in total. The maximum atomic E-state index is 4.57. The van der Waals surface area contributed by atoms with E-state index in [0.29, 0.717) is 11.8 Å². The molecule has 1 saturated carbocycles. The van der Waals surface area contributed by atoms with Crippen LogP contribution in [-0.2, 0) is 6.42 Å². The lowest BCUT2D eigenvalue weighted by molar-refractivity contribution is 0.430. The van der Waals surface area contributed by atoms with Crippen LogP contribution in [0.1, 0.15) is 89.5 Å². The Hall–Kier alpha value is -2.08. The first kappa shape index (κ1) is 20.2. The van der Waals surface area contributed by atoms with Crippen molar-refractivity contribution in [2.45, 2.75) is 79.1 Å². The molecule has 2 aliphatic carbocycles. The van der Waals surface area contributed by atoms with E-state index in [-0.39, 0.29) is 0 Å². The van der Waals surface area contributed by atoms with Gasteiger partial charge in [-0.2, -0.15) is 0 Å². The van der Waals surface area contributed by atoms with Gasteiger partial charge in [-0.15, -0.1) is 0 Å². The van der Waals surface area contributed by atoms with Gasteiger partial charge in [0.05, 0.1) is 0 Å². The van der Waals surface area contributed by atoms with Crippen molar-refractivity contribution in [1.29, 1.82) is 0 Å². The van der Waals surface area contributed by atoms with Gasteiger partial charge < -0.3 is 0 Å². The van der Waals surface area contributed by atoms with E-state index in [9.17, 15) is 0 Å². The molecule has 152 valence electrons. The largest absolute Gasteiger partial charge is 0.0949 e. The van der Waals surface area contributed by atoms with E-state index >= 15 is 0 Å². The summed E-state index contributed by atoms with van der Waals surface area (Å²) < 4.78 is 0. The van der Waals surface area contributed by atoms with Gasteiger partial charge >= 0.3 is 0 Å². The van der Waals surface area contributed by atoms with Crippen molar-refractivity contribution in [3.8, 4) is 0 Å². The van der Waals surface area contributed by atoms with Crippen LogP contribution < -0.4 is 0 Å². The molecule has 1 unspecified atom stereocenters. The molecule has 0 heteroatoms.